The van der Waals surface area contributed by atoms with Gasteiger partial charge in [0.25, 0.3) is 0 Å². The Morgan fingerprint density at radius 2 is 1.47 bits per heavy atom. The van der Waals surface area contributed by atoms with Gasteiger partial charge in [-0.3, -0.25) is 0 Å². The van der Waals surface area contributed by atoms with Gasteiger partial charge >= 0.3 is 0 Å². The second kappa shape index (κ2) is 10.8. The van der Waals surface area contributed by atoms with Gasteiger partial charge in [0.05, 0.1) is 4.88 Å². The standard InChI is InChI=1S/C29H34N2S/c1-4-30(5-2)18-10-11-19-31(22-24-16-17-25-12-6-7-13-26(25)20-24)23(3)29-21-27-14-8-9-15-28(27)32-29/h6-9,12-17,20-21H,3-5,10-11,18-19,22H2,1-2H3. The zero-order valence-corrected chi connectivity index (χ0v) is 20.2. The number of nitrogens with zero attached hydrogens (tertiary/aromatic N) is 2. The Kier molecular flexibility index (Phi) is 7.62. The molecule has 0 bridgehead atoms. The van der Waals surface area contributed by atoms with Gasteiger partial charge in [0.15, 0.2) is 0 Å². The molecule has 4 aromatic rings. The highest BCUT2D eigenvalue weighted by Crippen LogP contribution is 2.32. The molecule has 0 saturated heterocycles. The topological polar surface area (TPSA) is 6.48 Å². The summed E-state index contributed by atoms with van der Waals surface area (Å²) < 4.78 is 1.33. The lowest BCUT2D eigenvalue weighted by Gasteiger charge is -2.27. The second-order valence-electron chi connectivity index (χ2n) is 8.43. The first kappa shape index (κ1) is 22.6. The molecule has 3 heteroatoms. The number of hydrogen-bond donors (Lipinski definition) is 0. The summed E-state index contributed by atoms with van der Waals surface area (Å²) in [5.41, 5.74) is 2.48. The van der Waals surface area contributed by atoms with Crippen LogP contribution in [0.3, 0.4) is 0 Å². The maximum atomic E-state index is 4.55. The van der Waals surface area contributed by atoms with Crippen LogP contribution >= 0.6 is 11.3 Å². The highest BCUT2D eigenvalue weighted by atomic mass is 32.1. The van der Waals surface area contributed by atoms with Gasteiger partial charge < -0.3 is 9.80 Å². The number of thiophene rings is 1. The Hall–Kier alpha value is -2.62. The van der Waals surface area contributed by atoms with Crippen LogP contribution < -0.4 is 0 Å². The van der Waals surface area contributed by atoms with Crippen LogP contribution in [0.5, 0.6) is 0 Å². The highest BCUT2D eigenvalue weighted by molar-refractivity contribution is 7.20. The monoisotopic (exact) mass is 442 g/mol. The van der Waals surface area contributed by atoms with Crippen molar-refractivity contribution < 1.29 is 0 Å². The largest absolute Gasteiger partial charge is 0.367 e. The van der Waals surface area contributed by atoms with Crippen LogP contribution in [0.4, 0.5) is 0 Å². The van der Waals surface area contributed by atoms with Gasteiger partial charge in [-0.15, -0.1) is 11.3 Å². The molecule has 0 aliphatic carbocycles. The van der Waals surface area contributed by atoms with E-state index in [1.54, 1.807) is 0 Å². The van der Waals surface area contributed by atoms with E-state index in [0.29, 0.717) is 0 Å². The van der Waals surface area contributed by atoms with E-state index in [1.807, 2.05) is 11.3 Å². The molecule has 0 N–H and O–H groups in total. The molecule has 4 rings (SSSR count). The third kappa shape index (κ3) is 5.40. The van der Waals surface area contributed by atoms with E-state index in [0.717, 1.165) is 31.9 Å². The van der Waals surface area contributed by atoms with Crippen molar-refractivity contribution in [2.45, 2.75) is 33.2 Å². The van der Waals surface area contributed by atoms with E-state index in [4.69, 9.17) is 0 Å². The molecule has 0 radical (unpaired) electrons. The van der Waals surface area contributed by atoms with Crippen LogP contribution in [-0.2, 0) is 6.54 Å². The molecule has 0 aliphatic rings. The molecule has 3 aromatic carbocycles. The summed E-state index contributed by atoms with van der Waals surface area (Å²) in [4.78, 5) is 6.27. The quantitative estimate of drug-likeness (QED) is 0.220. The maximum Gasteiger partial charge on any atom is 0.0510 e. The molecule has 2 nitrogen and oxygen atoms in total. The van der Waals surface area contributed by atoms with E-state index in [9.17, 15) is 0 Å². The first-order chi connectivity index (χ1) is 15.7. The van der Waals surface area contributed by atoms with Crippen molar-refractivity contribution in [2.75, 3.05) is 26.2 Å². The van der Waals surface area contributed by atoms with Crippen LogP contribution in [-0.4, -0.2) is 36.0 Å². The third-order valence-corrected chi connectivity index (χ3v) is 7.49. The SMILES string of the molecule is C=C(c1cc2ccccc2s1)N(CCCCN(CC)CC)Cc1ccc2ccccc2c1. The van der Waals surface area contributed by atoms with E-state index in [1.165, 1.54) is 50.7 Å². The number of hydrogen-bond acceptors (Lipinski definition) is 3. The van der Waals surface area contributed by atoms with Gasteiger partial charge in [0.2, 0.25) is 0 Å². The lowest BCUT2D eigenvalue weighted by molar-refractivity contribution is 0.286. The Morgan fingerprint density at radius 1 is 0.781 bits per heavy atom. The molecule has 1 aromatic heterocycles. The molecule has 0 unspecified atom stereocenters. The first-order valence-electron chi connectivity index (χ1n) is 11.8. The lowest BCUT2D eigenvalue weighted by atomic mass is 10.1. The van der Waals surface area contributed by atoms with Crippen molar-refractivity contribution in [1.82, 2.24) is 9.80 Å². The highest BCUT2D eigenvalue weighted by Gasteiger charge is 2.14. The minimum atomic E-state index is 0.892. The normalized spacial score (nSPS) is 11.5. The van der Waals surface area contributed by atoms with E-state index < -0.39 is 0 Å². The average Bonchev–Trinajstić information content (AvgIpc) is 3.27. The van der Waals surface area contributed by atoms with Gasteiger partial charge in [-0.25, -0.2) is 0 Å². The minimum absolute atomic E-state index is 0.892. The summed E-state index contributed by atoms with van der Waals surface area (Å²) in [6.07, 6.45) is 2.39. The third-order valence-electron chi connectivity index (χ3n) is 6.33. The Morgan fingerprint density at radius 3 is 2.22 bits per heavy atom. The van der Waals surface area contributed by atoms with Crippen LogP contribution in [0.25, 0.3) is 26.6 Å². The summed E-state index contributed by atoms with van der Waals surface area (Å²) in [6.45, 7) is 14.4. The molecular formula is C29H34N2S. The van der Waals surface area contributed by atoms with E-state index in [2.05, 4.69) is 103 Å². The van der Waals surface area contributed by atoms with Crippen LogP contribution in [0.15, 0.2) is 79.4 Å². The molecule has 1 heterocycles. The van der Waals surface area contributed by atoms with Crippen molar-refractivity contribution in [3.8, 4) is 0 Å². The fourth-order valence-electron chi connectivity index (χ4n) is 4.32. The number of fused-ring (bicyclic) bond motifs is 2. The van der Waals surface area contributed by atoms with Crippen molar-refractivity contribution in [2.24, 2.45) is 0 Å². The molecule has 166 valence electrons. The van der Waals surface area contributed by atoms with Gasteiger partial charge in [0.1, 0.15) is 0 Å². The maximum absolute atomic E-state index is 4.55. The predicted octanol–water partition coefficient (Wildman–Crippen LogP) is 7.65. The number of rotatable bonds is 11. The zero-order chi connectivity index (χ0) is 22.3. The summed E-state index contributed by atoms with van der Waals surface area (Å²) >= 11 is 1.85. The predicted molar refractivity (Wildman–Crippen MR) is 142 cm³/mol. The van der Waals surface area contributed by atoms with Crippen molar-refractivity contribution in [3.05, 3.63) is 89.8 Å². The first-order valence-corrected chi connectivity index (χ1v) is 12.6. The molecule has 0 atom stereocenters. The molecule has 0 fully saturated rings. The van der Waals surface area contributed by atoms with Crippen LogP contribution in [0.1, 0.15) is 37.1 Å². The number of unbranched alkanes of at least 4 members (excludes halogenated alkanes) is 1. The molecule has 32 heavy (non-hydrogen) atoms. The number of benzene rings is 3. The molecular weight excluding hydrogens is 408 g/mol. The van der Waals surface area contributed by atoms with Crippen molar-refractivity contribution in [1.29, 1.82) is 0 Å². The Labute approximate surface area is 196 Å². The fraction of sp³-hybridized carbons (Fsp3) is 0.310. The van der Waals surface area contributed by atoms with Gasteiger partial charge in [-0.2, -0.15) is 0 Å². The smallest absolute Gasteiger partial charge is 0.0510 e. The van der Waals surface area contributed by atoms with Gasteiger partial charge in [-0.05, 0) is 72.4 Å². The van der Waals surface area contributed by atoms with Crippen molar-refractivity contribution in [3.63, 3.8) is 0 Å². The average molecular weight is 443 g/mol. The molecule has 0 spiro atoms. The minimum Gasteiger partial charge on any atom is -0.367 e. The Balaban J connectivity index is 1.52. The van der Waals surface area contributed by atoms with Crippen LogP contribution in [0.2, 0.25) is 0 Å². The molecule has 0 amide bonds. The van der Waals surface area contributed by atoms with Gasteiger partial charge in [0, 0.05) is 23.5 Å². The Bertz CT molecular complexity index is 1140. The fourth-order valence-corrected chi connectivity index (χ4v) is 5.39. The summed E-state index contributed by atoms with van der Waals surface area (Å²) in [5.74, 6) is 0. The van der Waals surface area contributed by atoms with Crippen LogP contribution in [0, 0.1) is 0 Å². The lowest BCUT2D eigenvalue weighted by Crippen LogP contribution is -2.26. The second-order valence-corrected chi connectivity index (χ2v) is 9.52. The summed E-state index contributed by atoms with van der Waals surface area (Å²) in [6, 6.07) is 26.4. The van der Waals surface area contributed by atoms with E-state index in [-0.39, 0.29) is 0 Å². The zero-order valence-electron chi connectivity index (χ0n) is 19.4. The molecule has 0 aliphatic heterocycles. The van der Waals surface area contributed by atoms with Crippen molar-refractivity contribution >= 4 is 37.9 Å². The summed E-state index contributed by atoms with van der Waals surface area (Å²) in [7, 11) is 0. The summed E-state index contributed by atoms with van der Waals surface area (Å²) in [5, 5.41) is 3.91. The van der Waals surface area contributed by atoms with Gasteiger partial charge in [-0.1, -0.05) is 75.0 Å². The molecule has 0 saturated carbocycles. The van der Waals surface area contributed by atoms with E-state index >= 15 is 0 Å².